The molecule has 0 saturated heterocycles. The molecule has 2 N–H and O–H groups in total. The Hall–Kier alpha value is -1.95. The number of benzene rings is 1. The van der Waals surface area contributed by atoms with Gasteiger partial charge in [0.2, 0.25) is 0 Å². The summed E-state index contributed by atoms with van der Waals surface area (Å²) in [6.07, 6.45) is 8.11. The Bertz CT molecular complexity index is 555. The standard InChI is InChI=1S/C20H33N3O3/c1-21-20(22-13-14-26-17-10-6-4-5-7-11-17)23-15-16-9-8-12-18(24-2)19(16)25-3/h8-9,12,17H,4-7,10-11,13-15H2,1-3H3,(H2,21,22,23). The van der Waals surface area contributed by atoms with Crippen LogP contribution in [0.5, 0.6) is 11.5 Å². The molecule has 0 amide bonds. The molecule has 1 saturated carbocycles. The van der Waals surface area contributed by atoms with Crippen molar-refractivity contribution in [2.24, 2.45) is 4.99 Å². The van der Waals surface area contributed by atoms with E-state index in [0.29, 0.717) is 19.3 Å². The molecule has 1 aliphatic carbocycles. The first-order chi connectivity index (χ1) is 12.8. The van der Waals surface area contributed by atoms with Gasteiger partial charge in [0.15, 0.2) is 17.5 Å². The summed E-state index contributed by atoms with van der Waals surface area (Å²) in [5.41, 5.74) is 1.02. The Morgan fingerprint density at radius 3 is 2.50 bits per heavy atom. The Morgan fingerprint density at radius 2 is 1.85 bits per heavy atom. The molecule has 1 aliphatic rings. The highest BCUT2D eigenvalue weighted by Crippen LogP contribution is 2.30. The smallest absolute Gasteiger partial charge is 0.191 e. The van der Waals surface area contributed by atoms with Crippen molar-refractivity contribution in [1.29, 1.82) is 0 Å². The van der Waals surface area contributed by atoms with Crippen LogP contribution in [0.15, 0.2) is 23.2 Å². The van der Waals surface area contributed by atoms with E-state index < -0.39 is 0 Å². The molecule has 0 aromatic heterocycles. The topological polar surface area (TPSA) is 64.1 Å². The monoisotopic (exact) mass is 363 g/mol. The predicted octanol–water partition coefficient (Wildman–Crippen LogP) is 3.11. The average molecular weight is 364 g/mol. The highest BCUT2D eigenvalue weighted by molar-refractivity contribution is 5.79. The molecule has 0 bridgehead atoms. The first-order valence-corrected chi connectivity index (χ1v) is 9.54. The number of ether oxygens (including phenoxy) is 3. The van der Waals surface area contributed by atoms with E-state index in [9.17, 15) is 0 Å². The maximum atomic E-state index is 6.01. The fourth-order valence-electron chi connectivity index (χ4n) is 3.30. The lowest BCUT2D eigenvalue weighted by molar-refractivity contribution is 0.0468. The number of guanidine groups is 1. The normalized spacial score (nSPS) is 16.0. The lowest BCUT2D eigenvalue weighted by atomic mass is 10.1. The molecule has 0 spiro atoms. The second-order valence-electron chi connectivity index (χ2n) is 6.49. The van der Waals surface area contributed by atoms with Gasteiger partial charge in [0.05, 0.1) is 26.9 Å². The van der Waals surface area contributed by atoms with E-state index in [-0.39, 0.29) is 0 Å². The van der Waals surface area contributed by atoms with Crippen LogP contribution in [-0.4, -0.2) is 46.5 Å². The lowest BCUT2D eigenvalue weighted by Gasteiger charge is -2.17. The van der Waals surface area contributed by atoms with Crippen LogP contribution in [0.1, 0.15) is 44.1 Å². The van der Waals surface area contributed by atoms with Crippen molar-refractivity contribution in [3.05, 3.63) is 23.8 Å². The summed E-state index contributed by atoms with van der Waals surface area (Å²) in [5, 5.41) is 6.61. The summed E-state index contributed by atoms with van der Waals surface area (Å²) in [6.45, 7) is 2.04. The first-order valence-electron chi connectivity index (χ1n) is 9.54. The minimum absolute atomic E-state index is 0.426. The van der Waals surface area contributed by atoms with E-state index in [0.717, 1.165) is 29.6 Å². The highest BCUT2D eigenvalue weighted by atomic mass is 16.5. The molecular formula is C20H33N3O3. The van der Waals surface area contributed by atoms with Crippen molar-refractivity contribution >= 4 is 5.96 Å². The molecule has 6 nitrogen and oxygen atoms in total. The van der Waals surface area contributed by atoms with Crippen LogP contribution in [0, 0.1) is 0 Å². The van der Waals surface area contributed by atoms with Crippen LogP contribution in [0.2, 0.25) is 0 Å². The number of nitrogens with zero attached hydrogens (tertiary/aromatic N) is 1. The van der Waals surface area contributed by atoms with Gasteiger partial charge >= 0.3 is 0 Å². The lowest BCUT2D eigenvalue weighted by Crippen LogP contribution is -2.39. The molecular weight excluding hydrogens is 330 g/mol. The molecule has 2 rings (SSSR count). The zero-order valence-corrected chi connectivity index (χ0v) is 16.3. The van der Waals surface area contributed by atoms with Crippen LogP contribution in [-0.2, 0) is 11.3 Å². The number of methoxy groups -OCH3 is 2. The Labute approximate surface area is 157 Å². The van der Waals surface area contributed by atoms with Gasteiger partial charge in [0.25, 0.3) is 0 Å². The number of hydrogen-bond acceptors (Lipinski definition) is 4. The van der Waals surface area contributed by atoms with Crippen molar-refractivity contribution in [1.82, 2.24) is 10.6 Å². The van der Waals surface area contributed by atoms with Crippen LogP contribution in [0.3, 0.4) is 0 Å². The molecule has 1 fully saturated rings. The molecule has 146 valence electrons. The summed E-state index contributed by atoms with van der Waals surface area (Å²) in [7, 11) is 5.06. The molecule has 0 radical (unpaired) electrons. The third-order valence-corrected chi connectivity index (χ3v) is 4.70. The van der Waals surface area contributed by atoms with Gasteiger partial charge in [-0.25, -0.2) is 0 Å². The number of hydrogen-bond donors (Lipinski definition) is 2. The third-order valence-electron chi connectivity index (χ3n) is 4.70. The van der Waals surface area contributed by atoms with Crippen LogP contribution in [0.25, 0.3) is 0 Å². The molecule has 6 heteroatoms. The largest absolute Gasteiger partial charge is 0.493 e. The van der Waals surface area contributed by atoms with Gasteiger partial charge < -0.3 is 24.8 Å². The second-order valence-corrected chi connectivity index (χ2v) is 6.49. The van der Waals surface area contributed by atoms with Gasteiger partial charge in [-0.3, -0.25) is 4.99 Å². The fourth-order valence-corrected chi connectivity index (χ4v) is 3.30. The van der Waals surface area contributed by atoms with Gasteiger partial charge in [-0.1, -0.05) is 37.8 Å². The summed E-state index contributed by atoms with van der Waals surface area (Å²) in [6, 6.07) is 5.85. The van der Waals surface area contributed by atoms with Gasteiger partial charge in [0.1, 0.15) is 0 Å². The average Bonchev–Trinajstić information content (AvgIpc) is 2.95. The molecule has 0 heterocycles. The van der Waals surface area contributed by atoms with Crippen LogP contribution in [0.4, 0.5) is 0 Å². The maximum Gasteiger partial charge on any atom is 0.191 e. The van der Waals surface area contributed by atoms with Crippen molar-refractivity contribution in [2.75, 3.05) is 34.4 Å². The SMILES string of the molecule is CN=C(NCCOC1CCCCCC1)NCc1cccc(OC)c1OC. The zero-order valence-electron chi connectivity index (χ0n) is 16.3. The number of nitrogens with one attached hydrogen (secondary N) is 2. The predicted molar refractivity (Wildman–Crippen MR) is 105 cm³/mol. The molecule has 1 aromatic rings. The quantitative estimate of drug-likeness (QED) is 0.322. The molecule has 26 heavy (non-hydrogen) atoms. The molecule has 0 aliphatic heterocycles. The minimum atomic E-state index is 0.426. The summed E-state index contributed by atoms with van der Waals surface area (Å²) in [4.78, 5) is 4.27. The Kier molecular flexibility index (Phi) is 9.10. The van der Waals surface area contributed by atoms with Crippen molar-refractivity contribution in [2.45, 2.75) is 51.2 Å². The molecule has 0 atom stereocenters. The molecule has 1 aromatic carbocycles. The Balaban J connectivity index is 1.74. The maximum absolute atomic E-state index is 6.01. The van der Waals surface area contributed by atoms with Gasteiger partial charge in [-0.2, -0.15) is 0 Å². The second kappa shape index (κ2) is 11.6. The van der Waals surface area contributed by atoms with Crippen LogP contribution < -0.4 is 20.1 Å². The first kappa shape index (κ1) is 20.4. The van der Waals surface area contributed by atoms with Gasteiger partial charge in [-0.15, -0.1) is 0 Å². The van der Waals surface area contributed by atoms with E-state index in [2.05, 4.69) is 15.6 Å². The van der Waals surface area contributed by atoms with Gasteiger partial charge in [0, 0.05) is 25.7 Å². The van der Waals surface area contributed by atoms with Crippen LogP contribution >= 0.6 is 0 Å². The number of para-hydroxylation sites is 1. The van der Waals surface area contributed by atoms with E-state index in [4.69, 9.17) is 14.2 Å². The van der Waals surface area contributed by atoms with Gasteiger partial charge in [-0.05, 0) is 18.9 Å². The third kappa shape index (κ3) is 6.41. The van der Waals surface area contributed by atoms with E-state index in [1.165, 1.54) is 38.5 Å². The van der Waals surface area contributed by atoms with E-state index >= 15 is 0 Å². The zero-order chi connectivity index (χ0) is 18.6. The number of rotatable bonds is 8. The number of aliphatic imine (C=N–C) groups is 1. The highest BCUT2D eigenvalue weighted by Gasteiger charge is 2.12. The van der Waals surface area contributed by atoms with Crippen molar-refractivity contribution in [3.8, 4) is 11.5 Å². The van der Waals surface area contributed by atoms with Crippen molar-refractivity contribution in [3.63, 3.8) is 0 Å². The summed E-state index contributed by atoms with van der Waals surface area (Å²) in [5.74, 6) is 2.22. The summed E-state index contributed by atoms with van der Waals surface area (Å²) >= 11 is 0. The minimum Gasteiger partial charge on any atom is -0.493 e. The Morgan fingerprint density at radius 1 is 1.08 bits per heavy atom. The summed E-state index contributed by atoms with van der Waals surface area (Å²) < 4.78 is 16.8. The van der Waals surface area contributed by atoms with Crippen molar-refractivity contribution < 1.29 is 14.2 Å². The molecule has 0 unspecified atom stereocenters. The fraction of sp³-hybridized carbons (Fsp3) is 0.650. The van der Waals surface area contributed by atoms with E-state index in [1.54, 1.807) is 21.3 Å². The van der Waals surface area contributed by atoms with E-state index in [1.807, 2.05) is 18.2 Å².